The first kappa shape index (κ1) is 15.5. The Kier molecular flexibility index (Phi) is 4.32. The predicted molar refractivity (Wildman–Crippen MR) is 86.7 cm³/mol. The Hall–Kier alpha value is -2.37. The normalized spacial score (nSPS) is 10.9. The van der Waals surface area contributed by atoms with Gasteiger partial charge in [0.15, 0.2) is 6.29 Å². The Labute approximate surface area is 136 Å². The van der Waals surface area contributed by atoms with Crippen molar-refractivity contribution < 1.29 is 19.0 Å². The summed E-state index contributed by atoms with van der Waals surface area (Å²) in [5.74, 6) is -0.169. The van der Waals surface area contributed by atoms with E-state index in [1.807, 2.05) is 0 Å². The fourth-order valence-corrected chi connectivity index (χ4v) is 2.70. The number of carbonyl (C=O) groups excluding carboxylic acids is 1. The molecule has 2 aromatic carbocycles. The molecule has 0 aliphatic rings. The zero-order valence-corrected chi connectivity index (χ0v) is 12.7. The summed E-state index contributed by atoms with van der Waals surface area (Å²) in [6.45, 7) is -0.0502. The van der Waals surface area contributed by atoms with Crippen LogP contribution in [0.15, 0.2) is 36.5 Å². The summed E-state index contributed by atoms with van der Waals surface area (Å²) < 4.78 is 19.6. The second-order valence-corrected chi connectivity index (χ2v) is 5.36. The van der Waals surface area contributed by atoms with Crippen LogP contribution in [0.4, 0.5) is 4.39 Å². The van der Waals surface area contributed by atoms with Crippen LogP contribution in [0, 0.1) is 5.82 Å². The van der Waals surface area contributed by atoms with Crippen LogP contribution in [-0.4, -0.2) is 29.6 Å². The summed E-state index contributed by atoms with van der Waals surface area (Å²) in [4.78, 5) is 14.0. The summed E-state index contributed by atoms with van der Waals surface area (Å²) in [5.41, 5.74) is 2.00. The van der Waals surface area contributed by atoms with Crippen molar-refractivity contribution in [2.24, 2.45) is 0 Å². The molecule has 0 unspecified atom stereocenters. The van der Waals surface area contributed by atoms with Crippen LogP contribution in [0.25, 0.3) is 22.0 Å². The van der Waals surface area contributed by atoms with Gasteiger partial charge < -0.3 is 14.8 Å². The SMILES string of the molecule is O=Cc1c[nH]c2cc(Cl)c(-c3ccc(OCCO)cc3F)cc12. The molecule has 6 heteroatoms. The molecule has 3 aromatic rings. The number of aromatic nitrogens is 1. The zero-order chi connectivity index (χ0) is 16.4. The van der Waals surface area contributed by atoms with Gasteiger partial charge in [-0.15, -0.1) is 0 Å². The number of aldehydes is 1. The average molecular weight is 334 g/mol. The van der Waals surface area contributed by atoms with Crippen LogP contribution in [0.2, 0.25) is 5.02 Å². The van der Waals surface area contributed by atoms with Gasteiger partial charge >= 0.3 is 0 Å². The summed E-state index contributed by atoms with van der Waals surface area (Å²) in [6.07, 6.45) is 2.32. The van der Waals surface area contributed by atoms with E-state index in [9.17, 15) is 9.18 Å². The van der Waals surface area contributed by atoms with E-state index in [-0.39, 0.29) is 13.2 Å². The lowest BCUT2D eigenvalue weighted by molar-refractivity contribution is 0.112. The number of H-pyrrole nitrogens is 1. The van der Waals surface area contributed by atoms with Gasteiger partial charge in [0, 0.05) is 39.9 Å². The smallest absolute Gasteiger partial charge is 0.152 e. The molecule has 23 heavy (non-hydrogen) atoms. The fraction of sp³-hybridized carbons (Fsp3) is 0.118. The van der Waals surface area contributed by atoms with Crippen LogP contribution in [0.3, 0.4) is 0 Å². The number of rotatable bonds is 5. The second-order valence-electron chi connectivity index (χ2n) is 4.95. The topological polar surface area (TPSA) is 62.3 Å². The number of ether oxygens (including phenoxy) is 1. The highest BCUT2D eigenvalue weighted by atomic mass is 35.5. The number of carbonyl (C=O) groups is 1. The van der Waals surface area contributed by atoms with Crippen molar-refractivity contribution in [3.05, 3.63) is 52.9 Å². The quantitative estimate of drug-likeness (QED) is 0.698. The largest absolute Gasteiger partial charge is 0.491 e. The van der Waals surface area contributed by atoms with Gasteiger partial charge in [-0.3, -0.25) is 4.79 Å². The number of aromatic amines is 1. The first-order chi connectivity index (χ1) is 11.1. The molecule has 0 amide bonds. The third-order valence-corrected chi connectivity index (χ3v) is 3.83. The standard InChI is InChI=1S/C17H13ClFNO3/c18-15-7-17-13(10(9-22)8-20-17)6-14(15)12-2-1-11(5-16(12)19)23-4-3-21/h1-2,5-9,20-21H,3-4H2. The van der Waals surface area contributed by atoms with E-state index in [1.54, 1.807) is 30.5 Å². The molecular formula is C17H13ClFNO3. The van der Waals surface area contributed by atoms with Crippen molar-refractivity contribution in [1.82, 2.24) is 4.98 Å². The number of benzene rings is 2. The molecule has 3 rings (SSSR count). The summed E-state index contributed by atoms with van der Waals surface area (Å²) in [7, 11) is 0. The van der Waals surface area contributed by atoms with Crippen LogP contribution >= 0.6 is 11.6 Å². The molecule has 1 aromatic heterocycles. The van der Waals surface area contributed by atoms with Gasteiger partial charge in [0.1, 0.15) is 18.2 Å². The van der Waals surface area contributed by atoms with Gasteiger partial charge in [-0.2, -0.15) is 0 Å². The van der Waals surface area contributed by atoms with Gasteiger partial charge in [-0.25, -0.2) is 4.39 Å². The van der Waals surface area contributed by atoms with Gasteiger partial charge in [0.25, 0.3) is 0 Å². The minimum Gasteiger partial charge on any atom is -0.491 e. The number of halogens is 2. The Morgan fingerprint density at radius 2 is 2.09 bits per heavy atom. The third-order valence-electron chi connectivity index (χ3n) is 3.52. The molecule has 0 spiro atoms. The zero-order valence-electron chi connectivity index (χ0n) is 12.0. The van der Waals surface area contributed by atoms with Crippen molar-refractivity contribution in [3.8, 4) is 16.9 Å². The highest BCUT2D eigenvalue weighted by Crippen LogP contribution is 2.35. The number of aliphatic hydroxyl groups excluding tert-OH is 1. The Bertz CT molecular complexity index is 876. The fourth-order valence-electron chi connectivity index (χ4n) is 2.44. The average Bonchev–Trinajstić information content (AvgIpc) is 2.94. The summed E-state index contributed by atoms with van der Waals surface area (Å²) >= 11 is 6.25. The first-order valence-corrected chi connectivity index (χ1v) is 7.31. The van der Waals surface area contributed by atoms with Gasteiger partial charge in [0.05, 0.1) is 11.6 Å². The minimum absolute atomic E-state index is 0.0948. The van der Waals surface area contributed by atoms with Crippen LogP contribution < -0.4 is 4.74 Å². The van der Waals surface area contributed by atoms with Crippen molar-refractivity contribution in [2.45, 2.75) is 0 Å². The van der Waals surface area contributed by atoms with Crippen molar-refractivity contribution >= 4 is 28.8 Å². The van der Waals surface area contributed by atoms with Gasteiger partial charge in [-0.05, 0) is 24.3 Å². The van der Waals surface area contributed by atoms with E-state index in [2.05, 4.69) is 4.98 Å². The van der Waals surface area contributed by atoms with Crippen LogP contribution in [-0.2, 0) is 0 Å². The molecule has 0 fully saturated rings. The molecule has 4 nitrogen and oxygen atoms in total. The van der Waals surface area contributed by atoms with Crippen molar-refractivity contribution in [3.63, 3.8) is 0 Å². The highest BCUT2D eigenvalue weighted by molar-refractivity contribution is 6.34. The predicted octanol–water partition coefficient (Wildman–Crippen LogP) is 3.81. The molecule has 0 saturated heterocycles. The van der Waals surface area contributed by atoms with E-state index in [0.29, 0.717) is 38.4 Å². The minimum atomic E-state index is -0.495. The second kappa shape index (κ2) is 6.40. The monoisotopic (exact) mass is 333 g/mol. The lowest BCUT2D eigenvalue weighted by Crippen LogP contribution is -2.01. The van der Waals surface area contributed by atoms with Gasteiger partial charge in [0.2, 0.25) is 0 Å². The van der Waals surface area contributed by atoms with Crippen LogP contribution in [0.5, 0.6) is 5.75 Å². The number of nitrogens with one attached hydrogen (secondary N) is 1. The van der Waals surface area contributed by atoms with Crippen LogP contribution in [0.1, 0.15) is 10.4 Å². The number of hydrogen-bond acceptors (Lipinski definition) is 3. The first-order valence-electron chi connectivity index (χ1n) is 6.93. The van der Waals surface area contributed by atoms with E-state index in [4.69, 9.17) is 21.4 Å². The summed E-state index contributed by atoms with van der Waals surface area (Å²) in [6, 6.07) is 7.75. The maximum atomic E-state index is 14.4. The molecule has 1 heterocycles. The third kappa shape index (κ3) is 2.93. The molecule has 0 aliphatic heterocycles. The molecular weight excluding hydrogens is 321 g/mol. The Balaban J connectivity index is 2.08. The lowest BCUT2D eigenvalue weighted by atomic mass is 10.0. The highest BCUT2D eigenvalue weighted by Gasteiger charge is 2.13. The molecule has 0 radical (unpaired) electrons. The van der Waals surface area contributed by atoms with Crippen molar-refractivity contribution in [1.29, 1.82) is 0 Å². The number of hydrogen-bond donors (Lipinski definition) is 2. The maximum absolute atomic E-state index is 14.4. The lowest BCUT2D eigenvalue weighted by Gasteiger charge is -2.09. The molecule has 0 aliphatic carbocycles. The maximum Gasteiger partial charge on any atom is 0.152 e. The van der Waals surface area contributed by atoms with E-state index >= 15 is 0 Å². The Morgan fingerprint density at radius 3 is 2.78 bits per heavy atom. The summed E-state index contributed by atoms with van der Waals surface area (Å²) in [5, 5.41) is 9.78. The number of fused-ring (bicyclic) bond motifs is 1. The molecule has 2 N–H and O–H groups in total. The van der Waals surface area contributed by atoms with E-state index in [0.717, 1.165) is 6.29 Å². The Morgan fingerprint density at radius 1 is 1.26 bits per heavy atom. The van der Waals surface area contributed by atoms with Gasteiger partial charge in [-0.1, -0.05) is 11.6 Å². The van der Waals surface area contributed by atoms with Crippen molar-refractivity contribution in [2.75, 3.05) is 13.2 Å². The molecule has 0 atom stereocenters. The molecule has 0 bridgehead atoms. The number of aliphatic hydroxyl groups is 1. The molecule has 0 saturated carbocycles. The van der Waals surface area contributed by atoms with E-state index in [1.165, 1.54) is 6.07 Å². The van der Waals surface area contributed by atoms with E-state index < -0.39 is 5.82 Å². The molecule has 118 valence electrons.